The molecule has 0 unspecified atom stereocenters. The summed E-state index contributed by atoms with van der Waals surface area (Å²) < 4.78 is 0. The molecule has 0 aliphatic carbocycles. The van der Waals surface area contributed by atoms with E-state index in [-0.39, 0.29) is 6.42 Å². The standard InChI is InChI=1S/C11H18N2O2/c1-6(2)10-11(7(3)4)13-8(12-10)5-9(14)15/h6-7H,5H2,1-4H3,(H,12,13)(H,14,15). The quantitative estimate of drug-likeness (QED) is 0.801. The summed E-state index contributed by atoms with van der Waals surface area (Å²) >= 11 is 0. The van der Waals surface area contributed by atoms with Gasteiger partial charge >= 0.3 is 5.97 Å². The number of aliphatic carboxylic acids is 1. The molecule has 1 aromatic heterocycles. The van der Waals surface area contributed by atoms with Crippen LogP contribution in [-0.2, 0) is 11.2 Å². The molecule has 84 valence electrons. The molecule has 0 bridgehead atoms. The number of carbonyl (C=O) groups is 1. The first-order chi connectivity index (χ1) is 6.91. The van der Waals surface area contributed by atoms with Gasteiger partial charge in [-0.25, -0.2) is 4.98 Å². The van der Waals surface area contributed by atoms with Crippen LogP contribution in [-0.4, -0.2) is 21.0 Å². The fourth-order valence-corrected chi connectivity index (χ4v) is 1.56. The molecule has 0 saturated carbocycles. The van der Waals surface area contributed by atoms with Crippen molar-refractivity contribution < 1.29 is 9.90 Å². The van der Waals surface area contributed by atoms with E-state index >= 15 is 0 Å². The van der Waals surface area contributed by atoms with Crippen molar-refractivity contribution in [3.05, 3.63) is 17.2 Å². The van der Waals surface area contributed by atoms with E-state index in [1.165, 1.54) is 0 Å². The van der Waals surface area contributed by atoms with Crippen molar-refractivity contribution in [1.82, 2.24) is 9.97 Å². The highest BCUT2D eigenvalue weighted by Crippen LogP contribution is 2.23. The van der Waals surface area contributed by atoms with E-state index in [0.29, 0.717) is 17.7 Å². The Morgan fingerprint density at radius 2 is 1.93 bits per heavy atom. The van der Waals surface area contributed by atoms with Crippen LogP contribution in [0.3, 0.4) is 0 Å². The van der Waals surface area contributed by atoms with Crippen molar-refractivity contribution in [1.29, 1.82) is 0 Å². The van der Waals surface area contributed by atoms with Gasteiger partial charge in [-0.1, -0.05) is 27.7 Å². The molecular formula is C11H18N2O2. The molecule has 0 spiro atoms. The third-order valence-corrected chi connectivity index (χ3v) is 2.25. The molecule has 0 aliphatic rings. The maximum absolute atomic E-state index is 10.6. The molecule has 0 aromatic carbocycles. The summed E-state index contributed by atoms with van der Waals surface area (Å²) in [4.78, 5) is 18.0. The fourth-order valence-electron chi connectivity index (χ4n) is 1.56. The summed E-state index contributed by atoms with van der Waals surface area (Å²) in [5.74, 6) is 0.364. The monoisotopic (exact) mass is 210 g/mol. The number of aromatic amines is 1. The Kier molecular flexibility index (Phi) is 3.50. The number of carboxylic acid groups (broad SMARTS) is 1. The summed E-state index contributed by atoms with van der Waals surface area (Å²) in [7, 11) is 0. The highest BCUT2D eigenvalue weighted by atomic mass is 16.4. The van der Waals surface area contributed by atoms with Gasteiger partial charge in [0.2, 0.25) is 0 Å². The van der Waals surface area contributed by atoms with Crippen LogP contribution >= 0.6 is 0 Å². The first-order valence-corrected chi connectivity index (χ1v) is 5.22. The van der Waals surface area contributed by atoms with E-state index in [9.17, 15) is 4.79 Å². The number of imidazole rings is 1. The van der Waals surface area contributed by atoms with Gasteiger partial charge in [-0.2, -0.15) is 0 Å². The van der Waals surface area contributed by atoms with Crippen LogP contribution < -0.4 is 0 Å². The molecule has 0 saturated heterocycles. The van der Waals surface area contributed by atoms with Gasteiger partial charge in [-0.15, -0.1) is 0 Å². The molecule has 4 nitrogen and oxygen atoms in total. The Morgan fingerprint density at radius 1 is 1.33 bits per heavy atom. The van der Waals surface area contributed by atoms with Crippen LogP contribution in [0.4, 0.5) is 0 Å². The topological polar surface area (TPSA) is 66.0 Å². The van der Waals surface area contributed by atoms with E-state index in [1.54, 1.807) is 0 Å². The number of hydrogen-bond donors (Lipinski definition) is 2. The molecule has 1 rings (SSSR count). The highest BCUT2D eigenvalue weighted by molar-refractivity contribution is 5.69. The van der Waals surface area contributed by atoms with Crippen LogP contribution in [0.25, 0.3) is 0 Å². The van der Waals surface area contributed by atoms with Crippen LogP contribution in [0.2, 0.25) is 0 Å². The number of aromatic nitrogens is 2. The van der Waals surface area contributed by atoms with Crippen LogP contribution in [0, 0.1) is 0 Å². The SMILES string of the molecule is CC(C)c1nc(CC(=O)O)[nH]c1C(C)C. The van der Waals surface area contributed by atoms with Crippen LogP contribution in [0.15, 0.2) is 0 Å². The zero-order chi connectivity index (χ0) is 11.6. The number of H-pyrrole nitrogens is 1. The number of carboxylic acids is 1. The molecule has 15 heavy (non-hydrogen) atoms. The van der Waals surface area contributed by atoms with E-state index in [0.717, 1.165) is 11.4 Å². The van der Waals surface area contributed by atoms with Gasteiger partial charge in [0, 0.05) is 5.69 Å². The molecule has 0 fully saturated rings. The zero-order valence-corrected chi connectivity index (χ0v) is 9.66. The first kappa shape index (κ1) is 11.8. The minimum Gasteiger partial charge on any atom is -0.481 e. The predicted octanol–water partition coefficient (Wildman–Crippen LogP) is 2.28. The normalized spacial score (nSPS) is 11.3. The maximum Gasteiger partial charge on any atom is 0.311 e. The second kappa shape index (κ2) is 4.47. The molecule has 2 N–H and O–H groups in total. The van der Waals surface area contributed by atoms with Gasteiger partial charge < -0.3 is 10.1 Å². The lowest BCUT2D eigenvalue weighted by Crippen LogP contribution is -2.02. The minimum atomic E-state index is -0.852. The molecular weight excluding hydrogens is 192 g/mol. The van der Waals surface area contributed by atoms with Gasteiger partial charge in [0.25, 0.3) is 0 Å². The molecule has 4 heteroatoms. The summed E-state index contributed by atoms with van der Waals surface area (Å²) in [6.07, 6.45) is -0.0353. The summed E-state index contributed by atoms with van der Waals surface area (Å²) in [6, 6.07) is 0. The summed E-state index contributed by atoms with van der Waals surface area (Å²) in [5.41, 5.74) is 2.04. The molecule has 1 heterocycles. The van der Waals surface area contributed by atoms with E-state index < -0.39 is 5.97 Å². The van der Waals surface area contributed by atoms with Crippen LogP contribution in [0.1, 0.15) is 56.7 Å². The van der Waals surface area contributed by atoms with Gasteiger partial charge in [-0.05, 0) is 11.8 Å². The Labute approximate surface area is 89.7 Å². The zero-order valence-electron chi connectivity index (χ0n) is 9.66. The Hall–Kier alpha value is -1.32. The summed E-state index contributed by atoms with van der Waals surface area (Å²) in [5, 5.41) is 8.68. The molecule has 0 aliphatic heterocycles. The van der Waals surface area contributed by atoms with Crippen molar-refractivity contribution in [2.45, 2.75) is 46.0 Å². The van der Waals surface area contributed by atoms with Crippen molar-refractivity contribution >= 4 is 5.97 Å². The fraction of sp³-hybridized carbons (Fsp3) is 0.636. The maximum atomic E-state index is 10.6. The second-order valence-electron chi connectivity index (χ2n) is 4.36. The first-order valence-electron chi connectivity index (χ1n) is 5.22. The number of rotatable bonds is 4. The smallest absolute Gasteiger partial charge is 0.311 e. The number of nitrogens with one attached hydrogen (secondary N) is 1. The molecule has 0 atom stereocenters. The Morgan fingerprint density at radius 3 is 2.27 bits per heavy atom. The Bertz CT molecular complexity index is 328. The average molecular weight is 210 g/mol. The lowest BCUT2D eigenvalue weighted by atomic mass is 10.0. The van der Waals surface area contributed by atoms with Crippen molar-refractivity contribution in [3.63, 3.8) is 0 Å². The lowest BCUT2D eigenvalue weighted by Gasteiger charge is -2.07. The molecule has 0 radical (unpaired) electrons. The van der Waals surface area contributed by atoms with Crippen LogP contribution in [0.5, 0.6) is 0 Å². The number of hydrogen-bond acceptors (Lipinski definition) is 2. The van der Waals surface area contributed by atoms with Gasteiger partial charge in [0.15, 0.2) is 0 Å². The van der Waals surface area contributed by atoms with Gasteiger partial charge in [0.05, 0.1) is 5.69 Å². The number of nitrogens with zero attached hydrogens (tertiary/aromatic N) is 1. The lowest BCUT2D eigenvalue weighted by molar-refractivity contribution is -0.136. The summed E-state index contributed by atoms with van der Waals surface area (Å²) in [6.45, 7) is 8.27. The molecule has 1 aromatic rings. The third kappa shape index (κ3) is 2.81. The van der Waals surface area contributed by atoms with Crippen molar-refractivity contribution in [3.8, 4) is 0 Å². The van der Waals surface area contributed by atoms with E-state index in [2.05, 4.69) is 37.7 Å². The Balaban J connectivity index is 3.03. The van der Waals surface area contributed by atoms with E-state index in [1.807, 2.05) is 0 Å². The largest absolute Gasteiger partial charge is 0.481 e. The van der Waals surface area contributed by atoms with E-state index in [4.69, 9.17) is 5.11 Å². The minimum absolute atomic E-state index is 0.0353. The van der Waals surface area contributed by atoms with Gasteiger partial charge in [-0.3, -0.25) is 4.79 Å². The van der Waals surface area contributed by atoms with Crippen molar-refractivity contribution in [2.75, 3.05) is 0 Å². The molecule has 0 amide bonds. The third-order valence-electron chi connectivity index (χ3n) is 2.25. The van der Waals surface area contributed by atoms with Crippen molar-refractivity contribution in [2.24, 2.45) is 0 Å². The van der Waals surface area contributed by atoms with Gasteiger partial charge in [0.1, 0.15) is 12.2 Å². The predicted molar refractivity (Wildman–Crippen MR) is 58.1 cm³/mol. The average Bonchev–Trinajstić information content (AvgIpc) is 2.46. The second-order valence-corrected chi connectivity index (χ2v) is 4.36. The highest BCUT2D eigenvalue weighted by Gasteiger charge is 2.16.